The van der Waals surface area contributed by atoms with Crippen LogP contribution in [0.5, 0.6) is 0 Å². The zero-order chi connectivity index (χ0) is 13.5. The molecule has 0 bridgehead atoms. The minimum absolute atomic E-state index is 0.405. The molecule has 0 aromatic heterocycles. The largest absolute Gasteiger partial charge is 0.313 e. The molecule has 1 aliphatic heterocycles. The van der Waals surface area contributed by atoms with Crippen LogP contribution in [0.1, 0.15) is 36.3 Å². The van der Waals surface area contributed by atoms with Gasteiger partial charge >= 0.3 is 0 Å². The second-order valence-electron chi connectivity index (χ2n) is 5.73. The van der Waals surface area contributed by atoms with E-state index in [0.717, 1.165) is 19.3 Å². The Hall–Kier alpha value is -0.910. The van der Waals surface area contributed by atoms with Crippen molar-refractivity contribution in [1.29, 1.82) is 0 Å². The van der Waals surface area contributed by atoms with Gasteiger partial charge in [-0.25, -0.2) is 13.6 Å². The molecule has 104 valence electrons. The third-order valence-corrected chi connectivity index (χ3v) is 5.80. The van der Waals surface area contributed by atoms with Gasteiger partial charge in [-0.3, -0.25) is 0 Å². The normalized spacial score (nSPS) is 30.5. The van der Waals surface area contributed by atoms with E-state index >= 15 is 0 Å². The Labute approximate surface area is 114 Å². The van der Waals surface area contributed by atoms with Gasteiger partial charge in [-0.1, -0.05) is 24.3 Å². The van der Waals surface area contributed by atoms with Crippen molar-refractivity contribution >= 4 is 10.0 Å². The van der Waals surface area contributed by atoms with Gasteiger partial charge in [-0.2, -0.15) is 0 Å². The number of hydrogen-bond acceptors (Lipinski definition) is 3. The summed E-state index contributed by atoms with van der Waals surface area (Å²) in [6.45, 7) is 0.498. The molecule has 3 atom stereocenters. The van der Waals surface area contributed by atoms with E-state index in [-0.39, 0.29) is 0 Å². The van der Waals surface area contributed by atoms with Crippen molar-refractivity contribution in [2.75, 3.05) is 6.54 Å². The SMILES string of the molecule is NS(=O)(=O)C1CCC(CC2Cc3ccccc32)NC1. The molecule has 1 heterocycles. The van der Waals surface area contributed by atoms with Crippen molar-refractivity contribution < 1.29 is 8.42 Å². The average molecular weight is 280 g/mol. The molecule has 3 N–H and O–H groups in total. The fraction of sp³-hybridized carbons (Fsp3) is 0.571. The molecule has 5 heteroatoms. The summed E-state index contributed by atoms with van der Waals surface area (Å²) < 4.78 is 22.6. The Balaban J connectivity index is 1.55. The lowest BCUT2D eigenvalue weighted by atomic mass is 9.74. The van der Waals surface area contributed by atoms with Crippen molar-refractivity contribution in [3.8, 4) is 0 Å². The molecule has 1 aliphatic carbocycles. The van der Waals surface area contributed by atoms with Gasteiger partial charge in [0.05, 0.1) is 5.25 Å². The van der Waals surface area contributed by atoms with Gasteiger partial charge in [-0.05, 0) is 42.7 Å². The van der Waals surface area contributed by atoms with Crippen LogP contribution >= 0.6 is 0 Å². The maximum Gasteiger partial charge on any atom is 0.213 e. The lowest BCUT2D eigenvalue weighted by Crippen LogP contribution is -2.47. The number of fused-ring (bicyclic) bond motifs is 1. The van der Waals surface area contributed by atoms with Gasteiger partial charge in [0.1, 0.15) is 0 Å². The van der Waals surface area contributed by atoms with Gasteiger partial charge in [-0.15, -0.1) is 0 Å². The second-order valence-corrected chi connectivity index (χ2v) is 7.57. The number of benzene rings is 1. The van der Waals surface area contributed by atoms with Crippen LogP contribution in [0, 0.1) is 0 Å². The minimum atomic E-state index is -3.38. The second kappa shape index (κ2) is 4.89. The first-order valence-electron chi connectivity index (χ1n) is 6.87. The van der Waals surface area contributed by atoms with Crippen LogP contribution in [0.2, 0.25) is 0 Å². The zero-order valence-corrected chi connectivity index (χ0v) is 11.7. The first kappa shape index (κ1) is 13.1. The highest BCUT2D eigenvalue weighted by Gasteiger charge is 2.32. The minimum Gasteiger partial charge on any atom is -0.313 e. The Morgan fingerprint density at radius 2 is 2.05 bits per heavy atom. The molecule has 0 spiro atoms. The van der Waals surface area contributed by atoms with Gasteiger partial charge in [0, 0.05) is 12.6 Å². The van der Waals surface area contributed by atoms with Crippen molar-refractivity contribution in [1.82, 2.24) is 5.32 Å². The number of nitrogens with one attached hydrogen (secondary N) is 1. The Morgan fingerprint density at radius 1 is 1.26 bits per heavy atom. The monoisotopic (exact) mass is 280 g/mol. The molecular formula is C14H20N2O2S. The number of sulfonamides is 1. The summed E-state index contributed by atoms with van der Waals surface area (Å²) in [6, 6.07) is 9.01. The molecule has 1 aromatic carbocycles. The summed E-state index contributed by atoms with van der Waals surface area (Å²) in [7, 11) is -3.38. The maximum atomic E-state index is 11.3. The number of nitrogens with two attached hydrogens (primary N) is 1. The van der Waals surface area contributed by atoms with Crippen LogP contribution in [-0.4, -0.2) is 26.3 Å². The molecule has 19 heavy (non-hydrogen) atoms. The molecule has 1 saturated heterocycles. The first-order valence-corrected chi connectivity index (χ1v) is 8.48. The number of rotatable bonds is 3. The summed E-state index contributed by atoms with van der Waals surface area (Å²) in [5.41, 5.74) is 2.93. The van der Waals surface area contributed by atoms with Crippen molar-refractivity contribution in [2.45, 2.75) is 42.9 Å². The first-order chi connectivity index (χ1) is 9.04. The number of primary sulfonamides is 1. The van der Waals surface area contributed by atoms with Crippen LogP contribution in [0.15, 0.2) is 24.3 Å². The van der Waals surface area contributed by atoms with E-state index in [0.29, 0.717) is 24.9 Å². The van der Waals surface area contributed by atoms with Crippen molar-refractivity contribution in [3.05, 3.63) is 35.4 Å². The van der Waals surface area contributed by atoms with Crippen LogP contribution in [0.3, 0.4) is 0 Å². The van der Waals surface area contributed by atoms with E-state index in [2.05, 4.69) is 29.6 Å². The molecule has 1 fully saturated rings. The topological polar surface area (TPSA) is 72.2 Å². The molecule has 0 radical (unpaired) electrons. The van der Waals surface area contributed by atoms with Gasteiger partial charge in [0.15, 0.2) is 0 Å². The Morgan fingerprint density at radius 3 is 2.68 bits per heavy atom. The van der Waals surface area contributed by atoms with Crippen LogP contribution in [0.4, 0.5) is 0 Å². The molecule has 3 rings (SSSR count). The quantitative estimate of drug-likeness (QED) is 0.871. The predicted molar refractivity (Wildman–Crippen MR) is 75.4 cm³/mol. The van der Waals surface area contributed by atoms with Gasteiger partial charge in [0.2, 0.25) is 10.0 Å². The van der Waals surface area contributed by atoms with E-state index in [1.54, 1.807) is 0 Å². The molecule has 4 nitrogen and oxygen atoms in total. The summed E-state index contributed by atoms with van der Waals surface area (Å²) >= 11 is 0. The van der Waals surface area contributed by atoms with Gasteiger partial charge < -0.3 is 5.32 Å². The van der Waals surface area contributed by atoms with Crippen molar-refractivity contribution in [3.63, 3.8) is 0 Å². The van der Waals surface area contributed by atoms with Crippen LogP contribution in [0.25, 0.3) is 0 Å². The Bertz CT molecular complexity index is 563. The summed E-state index contributed by atoms with van der Waals surface area (Å²) in [6.07, 6.45) is 3.85. The molecule has 0 amide bonds. The average Bonchev–Trinajstić information content (AvgIpc) is 2.35. The van der Waals surface area contributed by atoms with E-state index in [9.17, 15) is 8.42 Å². The Kier molecular flexibility index (Phi) is 3.37. The lowest BCUT2D eigenvalue weighted by molar-refractivity contribution is 0.348. The highest BCUT2D eigenvalue weighted by molar-refractivity contribution is 7.89. The summed E-state index contributed by atoms with van der Waals surface area (Å²) in [4.78, 5) is 0. The summed E-state index contributed by atoms with van der Waals surface area (Å²) in [5, 5.41) is 8.13. The zero-order valence-electron chi connectivity index (χ0n) is 10.9. The molecule has 3 unspecified atom stereocenters. The fourth-order valence-corrected chi connectivity index (χ4v) is 4.08. The maximum absolute atomic E-state index is 11.3. The van der Waals surface area contributed by atoms with Crippen molar-refractivity contribution in [2.24, 2.45) is 5.14 Å². The fourth-order valence-electron chi connectivity index (χ4n) is 3.29. The van der Waals surface area contributed by atoms with Gasteiger partial charge in [0.25, 0.3) is 0 Å². The standard InChI is InChI=1S/C14H20N2O2S/c15-19(17,18)13-6-5-12(16-9-13)8-11-7-10-3-1-2-4-14(10)11/h1-4,11-13,16H,5-9H2,(H2,15,17,18). The molecule has 0 saturated carbocycles. The summed E-state index contributed by atoms with van der Waals surface area (Å²) in [5.74, 6) is 0.639. The third kappa shape index (κ3) is 2.68. The predicted octanol–water partition coefficient (Wildman–Crippen LogP) is 1.13. The molecule has 2 aliphatic rings. The van der Waals surface area contributed by atoms with Crippen LogP contribution < -0.4 is 10.5 Å². The van der Waals surface area contributed by atoms with E-state index in [1.165, 1.54) is 11.1 Å². The smallest absolute Gasteiger partial charge is 0.213 e. The highest BCUT2D eigenvalue weighted by atomic mass is 32.2. The molecular weight excluding hydrogens is 260 g/mol. The molecule has 1 aromatic rings. The van der Waals surface area contributed by atoms with Crippen LogP contribution in [-0.2, 0) is 16.4 Å². The highest BCUT2D eigenvalue weighted by Crippen LogP contribution is 2.38. The number of hydrogen-bond donors (Lipinski definition) is 2. The van der Waals surface area contributed by atoms with E-state index < -0.39 is 15.3 Å². The number of piperidine rings is 1. The van der Waals surface area contributed by atoms with E-state index in [1.807, 2.05) is 0 Å². The third-order valence-electron chi connectivity index (χ3n) is 4.47. The van der Waals surface area contributed by atoms with E-state index in [4.69, 9.17) is 5.14 Å². The lowest BCUT2D eigenvalue weighted by Gasteiger charge is -2.36.